The molecule has 1 aromatic rings. The van der Waals surface area contributed by atoms with Gasteiger partial charge in [-0.25, -0.2) is 0 Å². The molecule has 28 heavy (non-hydrogen) atoms. The standard InChI is InChI=1S/C23H26F4O/c1-16-7-14-21(23(26,27)22(16,24)25)6-4-3-5-18-9-12-19(13-10-18)20-11-8-17(2)28-15-20/h4,6-7,9-10,12-14,17,20H,3,5,8,11,15H2,1-2H3/b6-4+. The van der Waals surface area contributed by atoms with Crippen molar-refractivity contribution in [2.24, 2.45) is 0 Å². The van der Waals surface area contributed by atoms with Gasteiger partial charge in [0.25, 0.3) is 0 Å². The van der Waals surface area contributed by atoms with Crippen LogP contribution in [0.15, 0.2) is 59.7 Å². The summed E-state index contributed by atoms with van der Waals surface area (Å²) in [6.07, 6.45) is 8.46. The molecular formula is C23H26F4O. The maximum atomic E-state index is 14.0. The molecule has 0 N–H and O–H groups in total. The van der Waals surface area contributed by atoms with Crippen LogP contribution in [0, 0.1) is 0 Å². The smallest absolute Gasteiger partial charge is 0.339 e. The molecule has 0 saturated carbocycles. The van der Waals surface area contributed by atoms with Gasteiger partial charge in [0.2, 0.25) is 0 Å². The van der Waals surface area contributed by atoms with E-state index in [4.69, 9.17) is 4.74 Å². The van der Waals surface area contributed by atoms with Gasteiger partial charge in [0.05, 0.1) is 12.7 Å². The molecule has 1 aliphatic heterocycles. The highest BCUT2D eigenvalue weighted by Crippen LogP contribution is 2.47. The van der Waals surface area contributed by atoms with Gasteiger partial charge in [0.1, 0.15) is 0 Å². The van der Waals surface area contributed by atoms with E-state index >= 15 is 0 Å². The largest absolute Gasteiger partial charge is 0.378 e. The molecule has 2 atom stereocenters. The van der Waals surface area contributed by atoms with Gasteiger partial charge in [0.15, 0.2) is 0 Å². The minimum Gasteiger partial charge on any atom is -0.378 e. The van der Waals surface area contributed by atoms with Crippen molar-refractivity contribution in [3.05, 3.63) is 70.8 Å². The Morgan fingerprint density at radius 3 is 2.39 bits per heavy atom. The van der Waals surface area contributed by atoms with Gasteiger partial charge in [-0.3, -0.25) is 0 Å². The zero-order valence-electron chi connectivity index (χ0n) is 16.2. The Morgan fingerprint density at radius 2 is 1.75 bits per heavy atom. The summed E-state index contributed by atoms with van der Waals surface area (Å²) >= 11 is 0. The molecular weight excluding hydrogens is 368 g/mol. The quantitative estimate of drug-likeness (QED) is 0.510. The number of hydrogen-bond donors (Lipinski definition) is 0. The third-order valence-electron chi connectivity index (χ3n) is 5.62. The van der Waals surface area contributed by atoms with Crippen LogP contribution >= 0.6 is 0 Å². The van der Waals surface area contributed by atoms with E-state index < -0.39 is 23.0 Å². The van der Waals surface area contributed by atoms with E-state index in [2.05, 4.69) is 19.1 Å². The molecule has 0 amide bonds. The summed E-state index contributed by atoms with van der Waals surface area (Å²) in [7, 11) is 0. The van der Waals surface area contributed by atoms with Gasteiger partial charge in [-0.05, 0) is 50.7 Å². The van der Waals surface area contributed by atoms with Crippen LogP contribution in [-0.4, -0.2) is 24.6 Å². The summed E-state index contributed by atoms with van der Waals surface area (Å²) in [6.45, 7) is 3.85. The Balaban J connectivity index is 1.55. The lowest BCUT2D eigenvalue weighted by Crippen LogP contribution is -2.44. The molecule has 5 heteroatoms. The van der Waals surface area contributed by atoms with E-state index in [0.717, 1.165) is 50.2 Å². The maximum absolute atomic E-state index is 14.0. The third kappa shape index (κ3) is 4.24. The number of allylic oxidation sites excluding steroid dienone is 6. The lowest BCUT2D eigenvalue weighted by molar-refractivity contribution is -0.160. The van der Waals surface area contributed by atoms with Crippen LogP contribution in [-0.2, 0) is 11.2 Å². The second kappa shape index (κ2) is 8.24. The molecule has 0 aromatic heterocycles. The van der Waals surface area contributed by atoms with Gasteiger partial charge < -0.3 is 4.74 Å². The van der Waals surface area contributed by atoms with Crippen molar-refractivity contribution >= 4 is 0 Å². The van der Waals surface area contributed by atoms with Crippen molar-refractivity contribution in [2.75, 3.05) is 6.61 Å². The van der Waals surface area contributed by atoms with Gasteiger partial charge in [-0.2, -0.15) is 17.6 Å². The van der Waals surface area contributed by atoms with Crippen LogP contribution in [0.2, 0.25) is 0 Å². The Labute approximate surface area is 163 Å². The van der Waals surface area contributed by atoms with Crippen molar-refractivity contribution < 1.29 is 22.3 Å². The fourth-order valence-electron chi connectivity index (χ4n) is 3.58. The maximum Gasteiger partial charge on any atom is 0.339 e. The lowest BCUT2D eigenvalue weighted by Gasteiger charge is -2.30. The van der Waals surface area contributed by atoms with Crippen molar-refractivity contribution in [2.45, 2.75) is 63.4 Å². The highest BCUT2D eigenvalue weighted by Gasteiger charge is 2.60. The topological polar surface area (TPSA) is 9.23 Å². The number of hydrogen-bond acceptors (Lipinski definition) is 1. The Hall–Kier alpha value is -1.88. The van der Waals surface area contributed by atoms with Crippen molar-refractivity contribution in [3.8, 4) is 0 Å². The summed E-state index contributed by atoms with van der Waals surface area (Å²) in [5, 5.41) is 0. The number of alkyl halides is 4. The Kier molecular flexibility index (Phi) is 6.13. The highest BCUT2D eigenvalue weighted by molar-refractivity contribution is 5.42. The SMILES string of the molecule is CC1=CC=C(/C=C/CCc2ccc(C3CCC(C)OC3)cc2)C(F)(F)C1(F)F. The average molecular weight is 394 g/mol. The van der Waals surface area contributed by atoms with E-state index in [-0.39, 0.29) is 0 Å². The number of rotatable bonds is 5. The van der Waals surface area contributed by atoms with Gasteiger partial charge in [-0.15, -0.1) is 0 Å². The first kappa shape index (κ1) is 20.8. The summed E-state index contributed by atoms with van der Waals surface area (Å²) in [6, 6.07) is 8.26. The van der Waals surface area contributed by atoms with Crippen LogP contribution in [0.25, 0.3) is 0 Å². The molecule has 1 fully saturated rings. The fraction of sp³-hybridized carbons (Fsp3) is 0.478. The van der Waals surface area contributed by atoms with Gasteiger partial charge in [0, 0.05) is 17.1 Å². The molecule has 152 valence electrons. The minimum atomic E-state index is -4.18. The molecule has 0 spiro atoms. The molecule has 2 aliphatic rings. The lowest BCUT2D eigenvalue weighted by atomic mass is 9.90. The molecule has 2 unspecified atom stereocenters. The zero-order valence-corrected chi connectivity index (χ0v) is 16.2. The molecule has 0 radical (unpaired) electrons. The van der Waals surface area contributed by atoms with E-state index in [9.17, 15) is 17.6 Å². The van der Waals surface area contributed by atoms with E-state index in [0.29, 0.717) is 24.9 Å². The van der Waals surface area contributed by atoms with E-state index in [1.54, 1.807) is 0 Å². The third-order valence-corrected chi connectivity index (χ3v) is 5.62. The molecule has 1 aromatic carbocycles. The van der Waals surface area contributed by atoms with E-state index in [1.165, 1.54) is 11.6 Å². The molecule has 0 bridgehead atoms. The van der Waals surface area contributed by atoms with Gasteiger partial charge in [-0.1, -0.05) is 48.6 Å². The van der Waals surface area contributed by atoms with Crippen LogP contribution in [0.4, 0.5) is 17.6 Å². The number of benzene rings is 1. The number of halogens is 4. The monoisotopic (exact) mass is 394 g/mol. The highest BCUT2D eigenvalue weighted by atomic mass is 19.3. The van der Waals surface area contributed by atoms with Crippen molar-refractivity contribution in [1.82, 2.24) is 0 Å². The summed E-state index contributed by atoms with van der Waals surface area (Å²) in [5.41, 5.74) is 1.07. The van der Waals surface area contributed by atoms with Crippen LogP contribution in [0.3, 0.4) is 0 Å². The molecule has 1 heterocycles. The molecule has 3 rings (SSSR count). The summed E-state index contributed by atoms with van der Waals surface area (Å²) in [5.74, 6) is -7.90. The first-order valence-electron chi connectivity index (χ1n) is 9.74. The average Bonchev–Trinajstić information content (AvgIpc) is 2.67. The summed E-state index contributed by atoms with van der Waals surface area (Å²) < 4.78 is 61.1. The first-order chi connectivity index (χ1) is 13.2. The van der Waals surface area contributed by atoms with Crippen molar-refractivity contribution in [3.63, 3.8) is 0 Å². The Bertz CT molecular complexity index is 766. The van der Waals surface area contributed by atoms with Gasteiger partial charge >= 0.3 is 11.8 Å². The van der Waals surface area contributed by atoms with E-state index in [1.807, 2.05) is 12.1 Å². The molecule has 1 nitrogen and oxygen atoms in total. The number of aryl methyl sites for hydroxylation is 1. The normalized spacial score (nSPS) is 26.8. The van der Waals surface area contributed by atoms with Crippen LogP contribution in [0.1, 0.15) is 50.2 Å². The number of ether oxygens (including phenoxy) is 1. The molecule has 1 saturated heterocycles. The first-order valence-corrected chi connectivity index (χ1v) is 9.74. The molecule has 1 aliphatic carbocycles. The zero-order chi connectivity index (χ0) is 20.4. The second-order valence-electron chi connectivity index (χ2n) is 7.72. The summed E-state index contributed by atoms with van der Waals surface area (Å²) in [4.78, 5) is 0. The Morgan fingerprint density at radius 1 is 1.04 bits per heavy atom. The second-order valence-corrected chi connectivity index (χ2v) is 7.72. The minimum absolute atomic E-state index is 0.327. The van der Waals surface area contributed by atoms with Crippen LogP contribution < -0.4 is 0 Å². The predicted octanol–water partition coefficient (Wildman–Crippen LogP) is 6.61. The van der Waals surface area contributed by atoms with Crippen molar-refractivity contribution in [1.29, 1.82) is 0 Å². The fourth-order valence-corrected chi connectivity index (χ4v) is 3.58. The predicted molar refractivity (Wildman–Crippen MR) is 103 cm³/mol. The van der Waals surface area contributed by atoms with Crippen LogP contribution in [0.5, 0.6) is 0 Å².